The first kappa shape index (κ1) is 19.7. The van der Waals surface area contributed by atoms with Crippen molar-refractivity contribution in [2.45, 2.75) is 26.7 Å². The average molecular weight is 316 g/mol. The lowest BCUT2D eigenvalue weighted by Crippen LogP contribution is -2.29. The lowest BCUT2D eigenvalue weighted by Gasteiger charge is -2.25. The van der Waals surface area contributed by atoms with E-state index in [0.717, 1.165) is 20.0 Å². The predicted octanol–water partition coefficient (Wildman–Crippen LogP) is -0.616. The number of aromatic amines is 2. The van der Waals surface area contributed by atoms with Gasteiger partial charge >= 0.3 is 0 Å². The third-order valence-corrected chi connectivity index (χ3v) is 3.06. The summed E-state index contributed by atoms with van der Waals surface area (Å²) in [7, 11) is 2.58. The summed E-state index contributed by atoms with van der Waals surface area (Å²) in [5.74, 6) is 2.54. The normalized spacial score (nSPS) is 9.71. The molecule has 2 aromatic rings. The van der Waals surface area contributed by atoms with Gasteiger partial charge in [0.2, 0.25) is 0 Å². The molecule has 7 nitrogen and oxygen atoms in total. The van der Waals surface area contributed by atoms with Crippen LogP contribution < -0.4 is 18.9 Å². The maximum atomic E-state index is 9.18. The number of H-pyrrole nitrogens is 2. The molecule has 0 radical (unpaired) electrons. The maximum absolute atomic E-state index is 9.18. The SMILES string of the molecule is CCc1[nH]cc[n+]1C.CCc1[nH]cc[n+]1C.COP([O-])[O-]. The first-order chi connectivity index (χ1) is 9.96. The molecule has 2 rings (SSSR count). The topological polar surface area (TPSA) is 94.7 Å². The van der Waals surface area contributed by atoms with E-state index in [2.05, 4.69) is 37.5 Å². The maximum Gasteiger partial charge on any atom is 0.253 e. The number of imidazole rings is 2. The molecule has 0 bridgehead atoms. The van der Waals surface area contributed by atoms with Crippen molar-refractivity contribution in [3.63, 3.8) is 0 Å². The van der Waals surface area contributed by atoms with Crippen LogP contribution in [0.5, 0.6) is 0 Å². The van der Waals surface area contributed by atoms with Gasteiger partial charge < -0.3 is 14.3 Å². The number of rotatable bonds is 3. The lowest BCUT2D eigenvalue weighted by molar-refractivity contribution is -0.677. The third kappa shape index (κ3) is 8.57. The van der Waals surface area contributed by atoms with Crippen LogP contribution in [0.1, 0.15) is 25.5 Å². The first-order valence-electron chi connectivity index (χ1n) is 6.68. The van der Waals surface area contributed by atoms with Crippen molar-refractivity contribution < 1.29 is 23.4 Å². The molecule has 2 aromatic heterocycles. The zero-order valence-electron chi connectivity index (χ0n) is 13.3. The molecule has 0 aliphatic carbocycles. The molecular formula is C13H25N4O3P. The Hall–Kier alpha value is -1.27. The van der Waals surface area contributed by atoms with Gasteiger partial charge in [-0.1, -0.05) is 13.8 Å². The van der Waals surface area contributed by atoms with Gasteiger partial charge in [-0.05, 0) is 0 Å². The Morgan fingerprint density at radius 1 is 1.00 bits per heavy atom. The largest absolute Gasteiger partial charge is 0.820 e. The zero-order valence-corrected chi connectivity index (χ0v) is 14.2. The monoisotopic (exact) mass is 316 g/mol. The molecule has 0 aliphatic heterocycles. The highest BCUT2D eigenvalue weighted by Gasteiger charge is 2.00. The van der Waals surface area contributed by atoms with Crippen molar-refractivity contribution in [3.8, 4) is 0 Å². The molecule has 0 fully saturated rings. The average Bonchev–Trinajstić information content (AvgIpc) is 3.07. The van der Waals surface area contributed by atoms with Crippen LogP contribution in [0.25, 0.3) is 0 Å². The van der Waals surface area contributed by atoms with Gasteiger partial charge in [0.05, 0.1) is 14.1 Å². The van der Waals surface area contributed by atoms with Gasteiger partial charge in [0.1, 0.15) is 24.8 Å². The second kappa shape index (κ2) is 11.4. The van der Waals surface area contributed by atoms with Gasteiger partial charge in [0, 0.05) is 20.0 Å². The summed E-state index contributed by atoms with van der Waals surface area (Å²) in [5.41, 5.74) is 0. The summed E-state index contributed by atoms with van der Waals surface area (Å²) in [6.07, 6.45) is 10.1. The molecule has 0 saturated heterocycles. The Morgan fingerprint density at radius 3 is 1.43 bits per heavy atom. The number of nitrogens with one attached hydrogen (secondary N) is 2. The van der Waals surface area contributed by atoms with Crippen LogP contribution in [0.3, 0.4) is 0 Å². The van der Waals surface area contributed by atoms with Gasteiger partial charge in [-0.2, -0.15) is 8.60 Å². The van der Waals surface area contributed by atoms with Gasteiger partial charge in [0.25, 0.3) is 11.6 Å². The van der Waals surface area contributed by atoms with Gasteiger partial charge in [-0.3, -0.25) is 0 Å². The Morgan fingerprint density at radius 2 is 1.33 bits per heavy atom. The Balaban J connectivity index is 0.000000296. The fraction of sp³-hybridized carbons (Fsp3) is 0.538. The van der Waals surface area contributed by atoms with E-state index in [0.29, 0.717) is 0 Å². The summed E-state index contributed by atoms with van der Waals surface area (Å²) in [5, 5.41) is 0. The van der Waals surface area contributed by atoms with E-state index in [4.69, 9.17) is 0 Å². The molecule has 8 heteroatoms. The minimum Gasteiger partial charge on any atom is -0.820 e. The fourth-order valence-corrected chi connectivity index (χ4v) is 1.58. The van der Waals surface area contributed by atoms with Crippen LogP contribution in [-0.2, 0) is 31.5 Å². The molecule has 21 heavy (non-hydrogen) atoms. The molecule has 120 valence electrons. The quantitative estimate of drug-likeness (QED) is 0.584. The Bertz CT molecular complexity index is 445. The van der Waals surface area contributed by atoms with Crippen molar-refractivity contribution in [1.82, 2.24) is 9.97 Å². The molecule has 0 aliphatic rings. The Labute approximate surface area is 127 Å². The van der Waals surface area contributed by atoms with Crippen molar-refractivity contribution in [2.75, 3.05) is 7.11 Å². The van der Waals surface area contributed by atoms with Crippen molar-refractivity contribution in [2.24, 2.45) is 14.1 Å². The van der Waals surface area contributed by atoms with E-state index >= 15 is 0 Å². The lowest BCUT2D eigenvalue weighted by atomic mass is 10.5. The number of aryl methyl sites for hydroxylation is 4. The minimum absolute atomic E-state index is 1.07. The number of hydrogen-bond donors (Lipinski definition) is 2. The van der Waals surface area contributed by atoms with E-state index in [1.54, 1.807) is 0 Å². The molecule has 0 saturated carbocycles. The minimum atomic E-state index is -2.60. The molecule has 0 aromatic carbocycles. The van der Waals surface area contributed by atoms with Crippen LogP contribution in [0.4, 0.5) is 0 Å². The summed E-state index contributed by atoms with van der Waals surface area (Å²) in [6, 6.07) is 0. The van der Waals surface area contributed by atoms with Crippen LogP contribution in [0, 0.1) is 0 Å². The van der Waals surface area contributed by atoms with Crippen LogP contribution >= 0.6 is 8.60 Å². The van der Waals surface area contributed by atoms with Crippen molar-refractivity contribution in [1.29, 1.82) is 0 Å². The summed E-state index contributed by atoms with van der Waals surface area (Å²) >= 11 is 0. The van der Waals surface area contributed by atoms with Crippen LogP contribution in [0.2, 0.25) is 0 Å². The summed E-state index contributed by atoms with van der Waals surface area (Å²) in [4.78, 5) is 24.6. The standard InChI is InChI=1S/2C6H10N2.CH3O3P/c2*1-3-6-7-4-5-8(6)2;1-4-5(2)3/h2*4-5H,3H2,1-2H3;1H3/q;;-2/p+2. The molecule has 2 heterocycles. The molecule has 0 unspecified atom stereocenters. The van der Waals surface area contributed by atoms with Crippen LogP contribution in [-0.4, -0.2) is 17.1 Å². The second-order valence-corrected chi connectivity index (χ2v) is 4.96. The predicted molar refractivity (Wildman–Crippen MR) is 76.6 cm³/mol. The number of nitrogens with zero attached hydrogens (tertiary/aromatic N) is 2. The fourth-order valence-electron chi connectivity index (χ4n) is 1.58. The molecular weight excluding hydrogens is 291 g/mol. The third-order valence-electron chi connectivity index (χ3n) is 2.77. The van der Waals surface area contributed by atoms with Gasteiger partial charge in [-0.25, -0.2) is 19.1 Å². The molecule has 2 N–H and O–H groups in total. The van der Waals surface area contributed by atoms with E-state index in [-0.39, 0.29) is 0 Å². The van der Waals surface area contributed by atoms with E-state index in [1.165, 1.54) is 11.6 Å². The highest BCUT2D eigenvalue weighted by atomic mass is 31.2. The molecule has 0 amide bonds. The van der Waals surface area contributed by atoms with E-state index in [1.807, 2.05) is 38.9 Å². The van der Waals surface area contributed by atoms with E-state index < -0.39 is 8.60 Å². The summed E-state index contributed by atoms with van der Waals surface area (Å²) in [6.45, 7) is 4.26. The summed E-state index contributed by atoms with van der Waals surface area (Å²) < 4.78 is 7.87. The number of hydrogen-bond acceptors (Lipinski definition) is 3. The zero-order chi connectivity index (χ0) is 16.3. The van der Waals surface area contributed by atoms with Crippen LogP contribution in [0.15, 0.2) is 24.8 Å². The van der Waals surface area contributed by atoms with Crippen molar-refractivity contribution in [3.05, 3.63) is 36.4 Å². The first-order valence-corrected chi connectivity index (χ1v) is 7.77. The number of aromatic nitrogens is 4. The van der Waals surface area contributed by atoms with Crippen molar-refractivity contribution >= 4 is 8.60 Å². The van der Waals surface area contributed by atoms with Gasteiger partial charge in [-0.15, -0.1) is 0 Å². The smallest absolute Gasteiger partial charge is 0.253 e. The molecule has 0 atom stereocenters. The second-order valence-electron chi connectivity index (χ2n) is 4.15. The van der Waals surface area contributed by atoms with E-state index in [9.17, 15) is 9.79 Å². The highest BCUT2D eigenvalue weighted by molar-refractivity contribution is 7.36. The molecule has 0 spiro atoms. The van der Waals surface area contributed by atoms with Gasteiger partial charge in [0.15, 0.2) is 0 Å². The Kier molecular flexibility index (Phi) is 10.7. The highest BCUT2D eigenvalue weighted by Crippen LogP contribution is 2.07.